The Labute approximate surface area is 117 Å². The zero-order chi connectivity index (χ0) is 14.2. The number of rotatable bonds is 3. The first-order valence-electron chi connectivity index (χ1n) is 6.15. The van der Waals surface area contributed by atoms with Crippen molar-refractivity contribution < 1.29 is 8.42 Å². The van der Waals surface area contributed by atoms with Gasteiger partial charge in [-0.2, -0.15) is 5.10 Å². The normalized spacial score (nSPS) is 16.4. The van der Waals surface area contributed by atoms with Crippen molar-refractivity contribution >= 4 is 21.4 Å². The molecule has 0 aliphatic carbocycles. The molecule has 1 aromatic carbocycles. The summed E-state index contributed by atoms with van der Waals surface area (Å²) in [6, 6.07) is 10.2. The Bertz CT molecular complexity index is 760. The fourth-order valence-corrected chi connectivity index (χ4v) is 2.71. The molecule has 0 spiro atoms. The van der Waals surface area contributed by atoms with Crippen LogP contribution in [0.5, 0.6) is 0 Å². The summed E-state index contributed by atoms with van der Waals surface area (Å²) in [7, 11) is -3.65. The Morgan fingerprint density at radius 2 is 1.95 bits per heavy atom. The number of hydrazone groups is 1. The van der Waals surface area contributed by atoms with Crippen molar-refractivity contribution in [3.8, 4) is 0 Å². The van der Waals surface area contributed by atoms with Crippen LogP contribution < -0.4 is 10.6 Å². The molecule has 0 atom stereocenters. The third-order valence-corrected chi connectivity index (χ3v) is 4.15. The highest BCUT2D eigenvalue weighted by atomic mass is 32.2. The zero-order valence-corrected chi connectivity index (χ0v) is 11.5. The van der Waals surface area contributed by atoms with Crippen LogP contribution in [0.25, 0.3) is 0 Å². The van der Waals surface area contributed by atoms with Gasteiger partial charge in [0.2, 0.25) is 10.0 Å². The van der Waals surface area contributed by atoms with Crippen LogP contribution in [-0.4, -0.2) is 18.7 Å². The molecular formula is C13H14N4O2S. The summed E-state index contributed by atoms with van der Waals surface area (Å²) in [5.41, 5.74) is 5.75. The molecule has 0 unspecified atom stereocenters. The Kier molecular flexibility index (Phi) is 3.07. The average Bonchev–Trinajstić information content (AvgIpc) is 2.99. The maximum atomic E-state index is 11.1. The highest BCUT2D eigenvalue weighted by Gasteiger charge is 2.16. The standard InChI is InChI=1S/C13H14N4O2S/c14-20(18,19)11-5-3-10(4-6-11)15-16-12-7-9-17-8-1-2-13(12)17/h1-6,8,15H,7,9H2,(H2,14,18,19). The predicted molar refractivity (Wildman–Crippen MR) is 77.0 cm³/mol. The van der Waals surface area contributed by atoms with Crippen LogP contribution in [0, 0.1) is 0 Å². The van der Waals surface area contributed by atoms with Gasteiger partial charge in [-0.1, -0.05) is 0 Å². The first-order chi connectivity index (χ1) is 9.54. The van der Waals surface area contributed by atoms with E-state index in [4.69, 9.17) is 5.14 Å². The van der Waals surface area contributed by atoms with Crippen LogP contribution >= 0.6 is 0 Å². The van der Waals surface area contributed by atoms with E-state index < -0.39 is 10.0 Å². The molecule has 1 aliphatic heterocycles. The van der Waals surface area contributed by atoms with Gasteiger partial charge in [-0.15, -0.1) is 0 Å². The van der Waals surface area contributed by atoms with Crippen LogP contribution in [-0.2, 0) is 16.6 Å². The largest absolute Gasteiger partial charge is 0.346 e. The van der Waals surface area contributed by atoms with E-state index in [9.17, 15) is 8.42 Å². The molecule has 0 saturated heterocycles. The molecule has 7 heteroatoms. The Balaban J connectivity index is 1.77. The predicted octanol–water partition coefficient (Wildman–Crippen LogP) is 1.36. The molecule has 0 amide bonds. The molecule has 20 heavy (non-hydrogen) atoms. The summed E-state index contributed by atoms with van der Waals surface area (Å²) in [4.78, 5) is 0.0884. The van der Waals surface area contributed by atoms with Gasteiger partial charge in [0.25, 0.3) is 0 Å². The maximum absolute atomic E-state index is 11.1. The van der Waals surface area contributed by atoms with Crippen molar-refractivity contribution in [1.82, 2.24) is 4.57 Å². The lowest BCUT2D eigenvalue weighted by molar-refractivity contribution is 0.598. The number of nitrogens with two attached hydrogens (primary N) is 1. The van der Waals surface area contributed by atoms with Crippen LogP contribution in [0.4, 0.5) is 5.69 Å². The van der Waals surface area contributed by atoms with Gasteiger partial charge in [0.05, 0.1) is 22.0 Å². The van der Waals surface area contributed by atoms with Crippen LogP contribution in [0.2, 0.25) is 0 Å². The number of primary sulfonamides is 1. The van der Waals surface area contributed by atoms with Crippen molar-refractivity contribution in [2.45, 2.75) is 17.9 Å². The maximum Gasteiger partial charge on any atom is 0.238 e. The fourth-order valence-electron chi connectivity index (χ4n) is 2.19. The molecule has 0 bridgehead atoms. The van der Waals surface area contributed by atoms with E-state index in [-0.39, 0.29) is 4.90 Å². The molecule has 0 fully saturated rings. The lowest BCUT2D eigenvalue weighted by Crippen LogP contribution is -2.11. The van der Waals surface area contributed by atoms with Gasteiger partial charge in [-0.3, -0.25) is 5.43 Å². The van der Waals surface area contributed by atoms with Crippen molar-refractivity contribution in [1.29, 1.82) is 0 Å². The van der Waals surface area contributed by atoms with Crippen LogP contribution in [0.1, 0.15) is 12.1 Å². The molecular weight excluding hydrogens is 276 g/mol. The van der Waals surface area contributed by atoms with Crippen molar-refractivity contribution in [2.75, 3.05) is 5.43 Å². The number of aryl methyl sites for hydroxylation is 1. The molecule has 1 aliphatic rings. The third kappa shape index (κ3) is 2.45. The second-order valence-electron chi connectivity index (χ2n) is 4.58. The number of fused-ring (bicyclic) bond motifs is 1. The fraction of sp³-hybridized carbons (Fsp3) is 0.154. The van der Waals surface area contributed by atoms with E-state index in [0.717, 1.165) is 30.1 Å². The molecule has 0 radical (unpaired) electrons. The lowest BCUT2D eigenvalue weighted by atomic mass is 10.2. The first-order valence-corrected chi connectivity index (χ1v) is 7.69. The third-order valence-electron chi connectivity index (χ3n) is 3.22. The SMILES string of the molecule is NS(=O)(=O)c1ccc(NN=C2CCn3cccc32)cc1. The number of benzene rings is 1. The summed E-state index contributed by atoms with van der Waals surface area (Å²) in [6.07, 6.45) is 2.91. The van der Waals surface area contributed by atoms with E-state index in [2.05, 4.69) is 15.1 Å². The Hall–Kier alpha value is -2.12. The molecule has 2 heterocycles. The first kappa shape index (κ1) is 12.9. The van der Waals surface area contributed by atoms with E-state index >= 15 is 0 Å². The van der Waals surface area contributed by atoms with Gasteiger partial charge in [0, 0.05) is 19.2 Å². The van der Waals surface area contributed by atoms with Gasteiger partial charge in [-0.25, -0.2) is 13.6 Å². The second-order valence-corrected chi connectivity index (χ2v) is 6.14. The highest BCUT2D eigenvalue weighted by molar-refractivity contribution is 7.89. The molecule has 3 N–H and O–H groups in total. The minimum Gasteiger partial charge on any atom is -0.346 e. The van der Waals surface area contributed by atoms with Gasteiger partial charge < -0.3 is 4.57 Å². The number of hydrogen-bond acceptors (Lipinski definition) is 4. The monoisotopic (exact) mass is 290 g/mol. The van der Waals surface area contributed by atoms with Gasteiger partial charge in [0.1, 0.15) is 0 Å². The molecule has 0 saturated carbocycles. The van der Waals surface area contributed by atoms with Crippen LogP contribution in [0.3, 0.4) is 0 Å². The summed E-state index contributed by atoms with van der Waals surface area (Å²) < 4.78 is 24.4. The Morgan fingerprint density at radius 1 is 1.20 bits per heavy atom. The van der Waals surface area contributed by atoms with E-state index in [1.807, 2.05) is 18.3 Å². The summed E-state index contributed by atoms with van der Waals surface area (Å²) in [6.45, 7) is 0.938. The number of hydrogen-bond donors (Lipinski definition) is 2. The highest BCUT2D eigenvalue weighted by Crippen LogP contribution is 2.17. The Morgan fingerprint density at radius 3 is 2.65 bits per heavy atom. The van der Waals surface area contributed by atoms with Crippen molar-refractivity contribution in [3.05, 3.63) is 48.3 Å². The lowest BCUT2D eigenvalue weighted by Gasteiger charge is -2.03. The molecule has 104 valence electrons. The van der Waals surface area contributed by atoms with Gasteiger partial charge in [0.15, 0.2) is 0 Å². The van der Waals surface area contributed by atoms with E-state index in [1.165, 1.54) is 12.1 Å². The molecule has 3 rings (SSSR count). The smallest absolute Gasteiger partial charge is 0.238 e. The summed E-state index contributed by atoms with van der Waals surface area (Å²) in [5.74, 6) is 0. The van der Waals surface area contributed by atoms with E-state index in [0.29, 0.717) is 0 Å². The summed E-state index contributed by atoms with van der Waals surface area (Å²) >= 11 is 0. The second kappa shape index (κ2) is 4.77. The molecule has 2 aromatic rings. The minimum absolute atomic E-state index is 0.0884. The number of nitrogens with zero attached hydrogens (tertiary/aromatic N) is 2. The van der Waals surface area contributed by atoms with Crippen molar-refractivity contribution in [3.63, 3.8) is 0 Å². The minimum atomic E-state index is -3.65. The molecule has 6 nitrogen and oxygen atoms in total. The number of aromatic nitrogens is 1. The quantitative estimate of drug-likeness (QED) is 0.836. The van der Waals surface area contributed by atoms with E-state index in [1.54, 1.807) is 12.1 Å². The van der Waals surface area contributed by atoms with Crippen molar-refractivity contribution in [2.24, 2.45) is 10.2 Å². The molecule has 1 aromatic heterocycles. The van der Waals surface area contributed by atoms with Gasteiger partial charge in [-0.05, 0) is 36.4 Å². The number of anilines is 1. The zero-order valence-electron chi connectivity index (χ0n) is 10.7. The number of nitrogens with one attached hydrogen (secondary N) is 1. The average molecular weight is 290 g/mol. The number of sulfonamides is 1. The van der Waals surface area contributed by atoms with Crippen LogP contribution in [0.15, 0.2) is 52.6 Å². The topological polar surface area (TPSA) is 89.5 Å². The summed E-state index contributed by atoms with van der Waals surface area (Å²) in [5, 5.41) is 9.41. The van der Waals surface area contributed by atoms with Gasteiger partial charge >= 0.3 is 0 Å².